The molecule has 0 saturated carbocycles. The highest BCUT2D eigenvalue weighted by Gasteiger charge is 2.28. The first-order valence-electron chi connectivity index (χ1n) is 6.94. The largest absolute Gasteiger partial charge is 0.369 e. The summed E-state index contributed by atoms with van der Waals surface area (Å²) in [6.07, 6.45) is 4.61. The molecular formula is C13H23N3O2. The van der Waals surface area contributed by atoms with E-state index in [9.17, 15) is 9.59 Å². The SMILES string of the molecule is NC(=O)C1CCCN(C(=O)CC2CCCNC2)C1. The van der Waals surface area contributed by atoms with Crippen molar-refractivity contribution in [1.82, 2.24) is 10.2 Å². The maximum absolute atomic E-state index is 12.2. The Morgan fingerprint density at radius 2 is 2.11 bits per heavy atom. The van der Waals surface area contributed by atoms with Crippen LogP contribution < -0.4 is 11.1 Å². The number of nitrogens with two attached hydrogens (primary N) is 1. The highest BCUT2D eigenvalue weighted by Crippen LogP contribution is 2.20. The molecule has 0 radical (unpaired) electrons. The molecule has 2 amide bonds. The van der Waals surface area contributed by atoms with Crippen LogP contribution in [0.5, 0.6) is 0 Å². The minimum absolute atomic E-state index is 0.146. The molecule has 2 fully saturated rings. The number of hydrogen-bond acceptors (Lipinski definition) is 3. The van der Waals surface area contributed by atoms with Crippen LogP contribution in [0.25, 0.3) is 0 Å². The molecule has 2 heterocycles. The van der Waals surface area contributed by atoms with Crippen molar-refractivity contribution in [2.24, 2.45) is 17.6 Å². The van der Waals surface area contributed by atoms with Gasteiger partial charge in [-0.1, -0.05) is 0 Å². The maximum Gasteiger partial charge on any atom is 0.222 e. The van der Waals surface area contributed by atoms with Crippen LogP contribution >= 0.6 is 0 Å². The van der Waals surface area contributed by atoms with E-state index in [1.807, 2.05) is 4.90 Å². The molecule has 5 nitrogen and oxygen atoms in total. The lowest BCUT2D eigenvalue weighted by Crippen LogP contribution is -2.45. The number of piperidine rings is 2. The van der Waals surface area contributed by atoms with Crippen LogP contribution in [0.15, 0.2) is 0 Å². The van der Waals surface area contributed by atoms with Gasteiger partial charge in [0.05, 0.1) is 5.92 Å². The molecule has 102 valence electrons. The number of nitrogens with zero attached hydrogens (tertiary/aromatic N) is 1. The molecule has 0 bridgehead atoms. The Hall–Kier alpha value is -1.10. The minimum atomic E-state index is -0.271. The molecule has 2 rings (SSSR count). The number of amides is 2. The smallest absolute Gasteiger partial charge is 0.222 e. The summed E-state index contributed by atoms with van der Waals surface area (Å²) in [5.41, 5.74) is 5.33. The third kappa shape index (κ3) is 3.45. The summed E-state index contributed by atoms with van der Waals surface area (Å²) in [5, 5.41) is 3.33. The fraction of sp³-hybridized carbons (Fsp3) is 0.846. The second kappa shape index (κ2) is 6.18. The van der Waals surface area contributed by atoms with E-state index >= 15 is 0 Å². The lowest BCUT2D eigenvalue weighted by atomic mass is 9.93. The molecule has 2 aliphatic rings. The highest BCUT2D eigenvalue weighted by atomic mass is 16.2. The topological polar surface area (TPSA) is 75.4 Å². The van der Waals surface area contributed by atoms with Crippen LogP contribution in [0.2, 0.25) is 0 Å². The molecule has 2 unspecified atom stereocenters. The van der Waals surface area contributed by atoms with Gasteiger partial charge in [0, 0.05) is 19.5 Å². The van der Waals surface area contributed by atoms with Crippen molar-refractivity contribution in [1.29, 1.82) is 0 Å². The van der Waals surface area contributed by atoms with Gasteiger partial charge >= 0.3 is 0 Å². The Labute approximate surface area is 108 Å². The van der Waals surface area contributed by atoms with Crippen LogP contribution in [-0.2, 0) is 9.59 Å². The van der Waals surface area contributed by atoms with Gasteiger partial charge in [0.1, 0.15) is 0 Å². The molecule has 0 aromatic heterocycles. The van der Waals surface area contributed by atoms with Crippen LogP contribution in [0.4, 0.5) is 0 Å². The van der Waals surface area contributed by atoms with Gasteiger partial charge < -0.3 is 16.0 Å². The molecule has 0 aliphatic carbocycles. The van der Waals surface area contributed by atoms with E-state index in [1.165, 1.54) is 0 Å². The average Bonchev–Trinajstić information content (AvgIpc) is 2.40. The first-order valence-corrected chi connectivity index (χ1v) is 6.94. The van der Waals surface area contributed by atoms with Gasteiger partial charge in [-0.2, -0.15) is 0 Å². The summed E-state index contributed by atoms with van der Waals surface area (Å²) in [5.74, 6) is 0.230. The lowest BCUT2D eigenvalue weighted by molar-refractivity contribution is -0.135. The quantitative estimate of drug-likeness (QED) is 0.749. The molecule has 0 aromatic rings. The lowest BCUT2D eigenvalue weighted by Gasteiger charge is -2.33. The summed E-state index contributed by atoms with van der Waals surface area (Å²) < 4.78 is 0. The standard InChI is InChI=1S/C13H23N3O2/c14-13(18)11-4-2-6-16(9-11)12(17)7-10-3-1-5-15-8-10/h10-11,15H,1-9H2,(H2,14,18). The van der Waals surface area contributed by atoms with E-state index in [0.29, 0.717) is 18.9 Å². The summed E-state index contributed by atoms with van der Waals surface area (Å²) in [6.45, 7) is 3.31. The van der Waals surface area contributed by atoms with E-state index < -0.39 is 0 Å². The van der Waals surface area contributed by atoms with Crippen LogP contribution in [0, 0.1) is 11.8 Å². The Bertz CT molecular complexity index is 313. The van der Waals surface area contributed by atoms with Gasteiger partial charge in [0.15, 0.2) is 0 Å². The Kier molecular flexibility index (Phi) is 4.58. The van der Waals surface area contributed by atoms with Crippen molar-refractivity contribution in [3.8, 4) is 0 Å². The normalized spacial score (nSPS) is 29.0. The number of likely N-dealkylation sites (tertiary alicyclic amines) is 1. The maximum atomic E-state index is 12.2. The Morgan fingerprint density at radius 1 is 1.28 bits per heavy atom. The molecule has 3 N–H and O–H groups in total. The molecule has 0 spiro atoms. The average molecular weight is 253 g/mol. The van der Waals surface area contributed by atoms with Crippen LogP contribution in [0.3, 0.4) is 0 Å². The third-order valence-electron chi connectivity index (χ3n) is 4.04. The predicted octanol–water partition coefficient (Wildman–Crippen LogP) is 0.1000. The van der Waals surface area contributed by atoms with E-state index in [4.69, 9.17) is 5.73 Å². The zero-order valence-corrected chi connectivity index (χ0v) is 10.9. The second-order valence-electron chi connectivity index (χ2n) is 5.50. The van der Waals surface area contributed by atoms with Crippen molar-refractivity contribution in [3.05, 3.63) is 0 Å². The number of carbonyl (C=O) groups is 2. The van der Waals surface area contributed by atoms with Crippen molar-refractivity contribution in [2.45, 2.75) is 32.1 Å². The molecule has 2 aliphatic heterocycles. The van der Waals surface area contributed by atoms with E-state index in [2.05, 4.69) is 5.32 Å². The van der Waals surface area contributed by atoms with Crippen LogP contribution in [0.1, 0.15) is 32.1 Å². The molecule has 18 heavy (non-hydrogen) atoms. The van der Waals surface area contributed by atoms with Crippen molar-refractivity contribution >= 4 is 11.8 Å². The predicted molar refractivity (Wildman–Crippen MR) is 68.7 cm³/mol. The van der Waals surface area contributed by atoms with E-state index in [-0.39, 0.29) is 17.7 Å². The molecular weight excluding hydrogens is 230 g/mol. The number of nitrogens with one attached hydrogen (secondary N) is 1. The first kappa shape index (κ1) is 13.3. The van der Waals surface area contributed by atoms with Gasteiger partial charge in [-0.05, 0) is 44.7 Å². The number of carbonyl (C=O) groups excluding carboxylic acids is 2. The van der Waals surface area contributed by atoms with Gasteiger partial charge in [0.2, 0.25) is 11.8 Å². The highest BCUT2D eigenvalue weighted by molar-refractivity contribution is 5.80. The number of hydrogen-bond donors (Lipinski definition) is 2. The molecule has 2 saturated heterocycles. The zero-order valence-electron chi connectivity index (χ0n) is 10.9. The third-order valence-corrected chi connectivity index (χ3v) is 4.04. The van der Waals surface area contributed by atoms with Gasteiger partial charge in [-0.25, -0.2) is 0 Å². The number of primary amides is 1. The van der Waals surface area contributed by atoms with Gasteiger partial charge in [-0.3, -0.25) is 9.59 Å². The Balaban J connectivity index is 1.82. The monoisotopic (exact) mass is 253 g/mol. The fourth-order valence-electron chi connectivity index (χ4n) is 2.91. The summed E-state index contributed by atoms with van der Waals surface area (Å²) in [7, 11) is 0. The molecule has 5 heteroatoms. The van der Waals surface area contributed by atoms with E-state index in [0.717, 1.165) is 45.3 Å². The molecule has 0 aromatic carbocycles. The van der Waals surface area contributed by atoms with E-state index in [1.54, 1.807) is 0 Å². The van der Waals surface area contributed by atoms with Crippen molar-refractivity contribution in [3.63, 3.8) is 0 Å². The summed E-state index contributed by atoms with van der Waals surface area (Å²) in [4.78, 5) is 25.2. The zero-order chi connectivity index (χ0) is 13.0. The van der Waals surface area contributed by atoms with Gasteiger partial charge in [-0.15, -0.1) is 0 Å². The fourth-order valence-corrected chi connectivity index (χ4v) is 2.91. The number of rotatable bonds is 3. The van der Waals surface area contributed by atoms with Crippen LogP contribution in [-0.4, -0.2) is 42.9 Å². The summed E-state index contributed by atoms with van der Waals surface area (Å²) in [6, 6.07) is 0. The minimum Gasteiger partial charge on any atom is -0.369 e. The van der Waals surface area contributed by atoms with Gasteiger partial charge in [0.25, 0.3) is 0 Å². The second-order valence-corrected chi connectivity index (χ2v) is 5.50. The van der Waals surface area contributed by atoms with Crippen molar-refractivity contribution in [2.75, 3.05) is 26.2 Å². The Morgan fingerprint density at radius 3 is 2.78 bits per heavy atom. The first-order chi connectivity index (χ1) is 8.66. The molecule has 2 atom stereocenters. The summed E-state index contributed by atoms with van der Waals surface area (Å²) >= 11 is 0. The van der Waals surface area contributed by atoms with Crippen molar-refractivity contribution < 1.29 is 9.59 Å².